The zero-order valence-corrected chi connectivity index (χ0v) is 25.3. The first-order valence-corrected chi connectivity index (χ1v) is 15.4. The first-order chi connectivity index (χ1) is 23.2. The Labute approximate surface area is 272 Å². The van der Waals surface area contributed by atoms with Crippen molar-refractivity contribution in [1.82, 2.24) is 15.0 Å². The highest BCUT2D eigenvalue weighted by molar-refractivity contribution is 6.55. The Bertz CT molecular complexity index is 2250. The van der Waals surface area contributed by atoms with E-state index >= 15 is 0 Å². The molecule has 0 saturated heterocycles. The number of nitrogens with one attached hydrogen (secondary N) is 2. The maximum atomic E-state index is 9.00. The fourth-order valence-electron chi connectivity index (χ4n) is 5.80. The van der Waals surface area contributed by atoms with Crippen LogP contribution in [0.4, 0.5) is 5.69 Å². The summed E-state index contributed by atoms with van der Waals surface area (Å²) in [4.78, 5) is 14.5. The van der Waals surface area contributed by atoms with E-state index in [0.717, 1.165) is 55.4 Å². The van der Waals surface area contributed by atoms with Crippen molar-refractivity contribution in [3.8, 4) is 45.3 Å². The summed E-state index contributed by atoms with van der Waals surface area (Å²) < 4.78 is 0. The lowest BCUT2D eigenvalue weighted by Gasteiger charge is -2.17. The van der Waals surface area contributed by atoms with E-state index in [-0.39, 0.29) is 0 Å². The molecule has 6 aromatic carbocycles. The number of nitrogens with zero attached hydrogens (tertiary/aromatic N) is 4. The van der Waals surface area contributed by atoms with Gasteiger partial charge in [0, 0.05) is 22.3 Å². The molecule has 6 nitrogen and oxygen atoms in total. The number of hydrogen-bond donors (Lipinski definition) is 2. The van der Waals surface area contributed by atoms with Crippen LogP contribution in [0.1, 0.15) is 11.1 Å². The second-order valence-electron chi connectivity index (χ2n) is 11.3. The number of anilines is 1. The van der Waals surface area contributed by atoms with Crippen LogP contribution in [0.5, 0.6) is 0 Å². The highest BCUT2D eigenvalue weighted by atomic mass is 15.3. The van der Waals surface area contributed by atoms with Crippen molar-refractivity contribution in [2.75, 3.05) is 5.43 Å². The van der Waals surface area contributed by atoms with Gasteiger partial charge in [0.2, 0.25) is 0 Å². The molecule has 6 heteroatoms. The molecule has 0 bridgehead atoms. The normalized spacial score (nSPS) is 13.1. The minimum atomic E-state index is 0.399. The van der Waals surface area contributed by atoms with Gasteiger partial charge >= 0.3 is 0 Å². The van der Waals surface area contributed by atoms with Crippen molar-refractivity contribution in [1.29, 1.82) is 5.41 Å². The molecule has 1 heterocycles. The molecule has 0 atom stereocenters. The van der Waals surface area contributed by atoms with Crippen molar-refractivity contribution >= 4 is 34.0 Å². The standard InChI is InChI=1S/C41H28N6/c42-38-36(47-46-34-14-8-3-9-15-34)25-23-28-18-21-33-26-32(22-24-35(33)37(28)38)27-16-19-31(20-17-27)41-44-39(29-10-4-1-5-11-29)43-40(45-41)30-12-6-2-7-13-30/h1-26,42,46H/b42-38?,47-36-. The lowest BCUT2D eigenvalue weighted by atomic mass is 9.88. The number of hydrazone groups is 1. The topological polar surface area (TPSA) is 86.9 Å². The molecule has 7 aromatic rings. The smallest absolute Gasteiger partial charge is 0.164 e. The minimum Gasteiger partial charge on any atom is -0.298 e. The summed E-state index contributed by atoms with van der Waals surface area (Å²) in [6.07, 6.45) is 3.92. The van der Waals surface area contributed by atoms with Gasteiger partial charge in [-0.3, -0.25) is 10.8 Å². The molecule has 0 saturated carbocycles. The van der Waals surface area contributed by atoms with Crippen molar-refractivity contribution in [2.24, 2.45) is 5.10 Å². The Hall–Kier alpha value is -6.53. The fraction of sp³-hybridized carbons (Fsp3) is 0. The Morgan fingerprint density at radius 2 is 1.02 bits per heavy atom. The van der Waals surface area contributed by atoms with Gasteiger partial charge in [-0.15, -0.1) is 0 Å². The maximum absolute atomic E-state index is 9.00. The van der Waals surface area contributed by atoms with E-state index in [0.29, 0.717) is 28.9 Å². The molecule has 1 aromatic heterocycles. The summed E-state index contributed by atoms with van der Waals surface area (Å²) in [7, 11) is 0. The van der Waals surface area contributed by atoms with E-state index in [1.54, 1.807) is 0 Å². The molecule has 8 rings (SSSR count). The summed E-state index contributed by atoms with van der Waals surface area (Å²) in [5.74, 6) is 1.90. The monoisotopic (exact) mass is 604 g/mol. The van der Waals surface area contributed by atoms with Gasteiger partial charge in [0.15, 0.2) is 17.5 Å². The Morgan fingerprint density at radius 1 is 0.489 bits per heavy atom. The quantitative estimate of drug-likeness (QED) is 0.185. The Balaban J connectivity index is 1.11. The number of fused-ring (bicyclic) bond motifs is 3. The van der Waals surface area contributed by atoms with Gasteiger partial charge < -0.3 is 0 Å². The average Bonchev–Trinajstić information content (AvgIpc) is 3.15. The summed E-state index contributed by atoms with van der Waals surface area (Å²) in [5.41, 5.74) is 11.8. The maximum Gasteiger partial charge on any atom is 0.164 e. The minimum absolute atomic E-state index is 0.399. The van der Waals surface area contributed by atoms with Crippen molar-refractivity contribution in [2.45, 2.75) is 0 Å². The van der Waals surface area contributed by atoms with Crippen molar-refractivity contribution in [3.05, 3.63) is 163 Å². The second kappa shape index (κ2) is 12.1. The zero-order valence-electron chi connectivity index (χ0n) is 25.3. The van der Waals surface area contributed by atoms with Crippen LogP contribution < -0.4 is 5.43 Å². The Morgan fingerprint density at radius 3 is 1.64 bits per heavy atom. The first kappa shape index (κ1) is 28.0. The van der Waals surface area contributed by atoms with Crippen molar-refractivity contribution < 1.29 is 0 Å². The fourth-order valence-corrected chi connectivity index (χ4v) is 5.80. The molecule has 0 spiro atoms. The molecular weight excluding hydrogens is 576 g/mol. The first-order valence-electron chi connectivity index (χ1n) is 15.4. The van der Waals surface area contributed by atoms with Gasteiger partial charge in [-0.25, -0.2) is 15.0 Å². The average molecular weight is 605 g/mol. The molecule has 222 valence electrons. The number of allylic oxidation sites excluding steroid dienone is 1. The lowest BCUT2D eigenvalue weighted by Crippen LogP contribution is -2.18. The molecule has 2 N–H and O–H groups in total. The molecule has 0 radical (unpaired) electrons. The van der Waals surface area contributed by atoms with Gasteiger partial charge in [-0.1, -0.05) is 133 Å². The third kappa shape index (κ3) is 5.60. The lowest BCUT2D eigenvalue weighted by molar-refractivity contribution is 1.07. The van der Waals surface area contributed by atoms with Crippen LogP contribution in [-0.2, 0) is 0 Å². The van der Waals surface area contributed by atoms with E-state index in [9.17, 15) is 0 Å². The van der Waals surface area contributed by atoms with E-state index in [1.807, 2.05) is 103 Å². The molecule has 0 aliphatic heterocycles. The number of para-hydroxylation sites is 1. The molecule has 47 heavy (non-hydrogen) atoms. The third-order valence-corrected chi connectivity index (χ3v) is 8.23. The van der Waals surface area contributed by atoms with Crippen molar-refractivity contribution in [3.63, 3.8) is 0 Å². The molecular formula is C41H28N6. The summed E-state index contributed by atoms with van der Waals surface area (Å²) >= 11 is 0. The highest BCUT2D eigenvalue weighted by Crippen LogP contribution is 2.32. The molecule has 0 fully saturated rings. The second-order valence-corrected chi connectivity index (χ2v) is 11.3. The van der Waals surface area contributed by atoms with Crippen LogP contribution in [0.2, 0.25) is 0 Å². The van der Waals surface area contributed by atoms with Gasteiger partial charge in [0.1, 0.15) is 5.71 Å². The Kier molecular flexibility index (Phi) is 7.21. The van der Waals surface area contributed by atoms with Crippen LogP contribution in [0.15, 0.2) is 157 Å². The highest BCUT2D eigenvalue weighted by Gasteiger charge is 2.19. The van der Waals surface area contributed by atoms with Crippen LogP contribution in [0.25, 0.3) is 62.1 Å². The van der Waals surface area contributed by atoms with Gasteiger partial charge in [-0.05, 0) is 51.7 Å². The SMILES string of the molecule is N=C1/C(=N\Nc2ccccc2)C=Cc2ccc3cc(-c4ccc(-c5nc(-c6ccccc6)nc(-c6ccccc6)n5)cc4)ccc3c21. The van der Waals surface area contributed by atoms with E-state index in [4.69, 9.17) is 20.4 Å². The van der Waals surface area contributed by atoms with Gasteiger partial charge in [-0.2, -0.15) is 5.10 Å². The molecule has 1 aliphatic carbocycles. The van der Waals surface area contributed by atoms with Gasteiger partial charge in [0.25, 0.3) is 0 Å². The summed E-state index contributed by atoms with van der Waals surface area (Å²) in [5, 5.41) is 15.6. The van der Waals surface area contributed by atoms with E-state index in [2.05, 4.69) is 65.1 Å². The summed E-state index contributed by atoms with van der Waals surface area (Å²) in [6, 6.07) is 48.7. The summed E-state index contributed by atoms with van der Waals surface area (Å²) in [6.45, 7) is 0. The third-order valence-electron chi connectivity index (χ3n) is 8.23. The largest absolute Gasteiger partial charge is 0.298 e. The predicted octanol–water partition coefficient (Wildman–Crippen LogP) is 9.56. The number of hydrogen-bond acceptors (Lipinski definition) is 6. The predicted molar refractivity (Wildman–Crippen MR) is 192 cm³/mol. The van der Waals surface area contributed by atoms with Crippen LogP contribution in [0, 0.1) is 5.41 Å². The van der Waals surface area contributed by atoms with Gasteiger partial charge in [0.05, 0.1) is 11.4 Å². The molecule has 0 unspecified atom stereocenters. The number of benzene rings is 6. The van der Waals surface area contributed by atoms with Crippen LogP contribution >= 0.6 is 0 Å². The van der Waals surface area contributed by atoms with Crippen LogP contribution in [0.3, 0.4) is 0 Å². The number of aromatic nitrogens is 3. The molecule has 0 amide bonds. The van der Waals surface area contributed by atoms with E-state index < -0.39 is 0 Å². The number of rotatable bonds is 6. The van der Waals surface area contributed by atoms with E-state index in [1.165, 1.54) is 0 Å². The molecule has 1 aliphatic rings. The van der Waals surface area contributed by atoms with Crippen LogP contribution in [-0.4, -0.2) is 26.4 Å². The zero-order chi connectivity index (χ0) is 31.6.